The van der Waals surface area contributed by atoms with E-state index < -0.39 is 0 Å². The van der Waals surface area contributed by atoms with E-state index in [2.05, 4.69) is 91.5 Å². The molecule has 0 atom stereocenters. The quantitative estimate of drug-likeness (QED) is 0.681. The fourth-order valence-electron chi connectivity index (χ4n) is 4.44. The molecule has 3 rings (SSSR count). The summed E-state index contributed by atoms with van der Waals surface area (Å²) in [4.78, 5) is 5.04. The van der Waals surface area contributed by atoms with Crippen LogP contribution in [0.4, 0.5) is 0 Å². The molecule has 1 aliphatic heterocycles. The van der Waals surface area contributed by atoms with E-state index in [0.29, 0.717) is 11.5 Å². The lowest BCUT2D eigenvalue weighted by molar-refractivity contribution is -0.0439. The maximum Gasteiger partial charge on any atom is 0.0602 e. The van der Waals surface area contributed by atoms with Crippen molar-refractivity contribution in [2.24, 2.45) is 5.41 Å². The van der Waals surface area contributed by atoms with Gasteiger partial charge in [0.15, 0.2) is 0 Å². The summed E-state index contributed by atoms with van der Waals surface area (Å²) < 4.78 is 0. The molecule has 0 unspecified atom stereocenters. The van der Waals surface area contributed by atoms with Crippen LogP contribution in [-0.4, -0.2) is 43.5 Å². The largest absolute Gasteiger partial charge is 0.309 e. The Morgan fingerprint density at radius 2 is 1.44 bits per heavy atom. The number of nitrogens with zero attached hydrogens (tertiary/aromatic N) is 2. The average molecular weight is 337 g/mol. The summed E-state index contributed by atoms with van der Waals surface area (Å²) in [7, 11) is 4.42. The first-order chi connectivity index (χ1) is 12.1. The molecule has 2 aromatic rings. The molecule has 0 spiro atoms. The van der Waals surface area contributed by atoms with E-state index in [9.17, 15) is 0 Å². The summed E-state index contributed by atoms with van der Waals surface area (Å²) in [6.45, 7) is 5.88. The van der Waals surface area contributed by atoms with Crippen LogP contribution >= 0.6 is 0 Å². The Morgan fingerprint density at radius 1 is 0.920 bits per heavy atom. The highest BCUT2D eigenvalue weighted by Crippen LogP contribution is 2.43. The highest BCUT2D eigenvalue weighted by Gasteiger charge is 2.45. The molecule has 0 radical (unpaired) electrons. The van der Waals surface area contributed by atoms with Crippen molar-refractivity contribution >= 4 is 0 Å². The van der Waals surface area contributed by atoms with Gasteiger partial charge in [-0.2, -0.15) is 0 Å². The van der Waals surface area contributed by atoms with Crippen LogP contribution in [0.1, 0.15) is 43.4 Å². The van der Waals surface area contributed by atoms with Gasteiger partial charge in [0.05, 0.1) is 6.04 Å². The number of likely N-dealkylation sites (tertiary alicyclic amines) is 1. The Bertz CT molecular complexity index is 590. The third-order valence-corrected chi connectivity index (χ3v) is 5.39. The average Bonchev–Trinajstić information content (AvgIpc) is 2.60. The van der Waals surface area contributed by atoms with Gasteiger partial charge in [-0.05, 0) is 31.6 Å². The van der Waals surface area contributed by atoms with Crippen LogP contribution in [0.5, 0.6) is 0 Å². The van der Waals surface area contributed by atoms with E-state index in [1.807, 2.05) is 0 Å². The second-order valence-corrected chi connectivity index (χ2v) is 7.97. The highest BCUT2D eigenvalue weighted by atomic mass is 15.3. The zero-order valence-corrected chi connectivity index (χ0v) is 16.0. The van der Waals surface area contributed by atoms with Crippen LogP contribution in [0.25, 0.3) is 0 Å². The van der Waals surface area contributed by atoms with Gasteiger partial charge in [0.2, 0.25) is 0 Å². The van der Waals surface area contributed by atoms with Crippen LogP contribution in [0.15, 0.2) is 60.7 Å². The molecule has 134 valence electrons. The van der Waals surface area contributed by atoms with E-state index in [1.54, 1.807) is 0 Å². The standard InChI is InChI=1S/C23H32N2/c1-4-5-16-23(17-24(2)3)18-25(19-23)22(20-12-8-6-9-13-20)21-14-10-7-11-15-21/h6-15,22H,4-5,16-19H2,1-3H3. The summed E-state index contributed by atoms with van der Waals surface area (Å²) in [6, 6.07) is 22.3. The van der Waals surface area contributed by atoms with E-state index in [4.69, 9.17) is 0 Å². The first-order valence-corrected chi connectivity index (χ1v) is 9.62. The summed E-state index contributed by atoms with van der Waals surface area (Å²) in [6.07, 6.45) is 3.97. The summed E-state index contributed by atoms with van der Waals surface area (Å²) in [5, 5.41) is 0. The van der Waals surface area contributed by atoms with Crippen molar-refractivity contribution in [1.82, 2.24) is 9.80 Å². The van der Waals surface area contributed by atoms with Crippen molar-refractivity contribution in [3.05, 3.63) is 71.8 Å². The zero-order valence-electron chi connectivity index (χ0n) is 16.0. The number of benzene rings is 2. The van der Waals surface area contributed by atoms with Gasteiger partial charge in [-0.3, -0.25) is 4.90 Å². The monoisotopic (exact) mass is 336 g/mol. The van der Waals surface area contributed by atoms with Gasteiger partial charge in [-0.1, -0.05) is 80.4 Å². The normalized spacial score (nSPS) is 17.0. The fraction of sp³-hybridized carbons (Fsp3) is 0.478. The van der Waals surface area contributed by atoms with Crippen LogP contribution in [0, 0.1) is 5.41 Å². The van der Waals surface area contributed by atoms with Crippen LogP contribution in [-0.2, 0) is 0 Å². The minimum atomic E-state index is 0.374. The Morgan fingerprint density at radius 3 is 1.88 bits per heavy atom. The summed E-state index contributed by atoms with van der Waals surface area (Å²) in [5.74, 6) is 0. The molecular weight excluding hydrogens is 304 g/mol. The number of hydrogen-bond acceptors (Lipinski definition) is 2. The lowest BCUT2D eigenvalue weighted by Crippen LogP contribution is -2.61. The molecule has 25 heavy (non-hydrogen) atoms. The number of hydrogen-bond donors (Lipinski definition) is 0. The van der Waals surface area contributed by atoms with Gasteiger partial charge in [-0.25, -0.2) is 0 Å². The minimum Gasteiger partial charge on any atom is -0.309 e. The molecule has 0 bridgehead atoms. The molecule has 1 fully saturated rings. The molecule has 1 saturated heterocycles. The van der Waals surface area contributed by atoms with E-state index in [1.165, 1.54) is 50.0 Å². The molecule has 1 aliphatic rings. The van der Waals surface area contributed by atoms with E-state index in [0.717, 1.165) is 0 Å². The van der Waals surface area contributed by atoms with Gasteiger partial charge in [0, 0.05) is 25.0 Å². The first-order valence-electron chi connectivity index (χ1n) is 9.62. The molecule has 0 amide bonds. The van der Waals surface area contributed by atoms with Crippen LogP contribution in [0.2, 0.25) is 0 Å². The summed E-state index contributed by atoms with van der Waals surface area (Å²) in [5.41, 5.74) is 3.27. The first kappa shape index (κ1) is 18.2. The molecule has 2 heteroatoms. The van der Waals surface area contributed by atoms with Crippen molar-refractivity contribution in [3.8, 4) is 0 Å². The number of rotatable bonds is 8. The molecule has 1 heterocycles. The third kappa shape index (κ3) is 4.31. The molecule has 0 N–H and O–H groups in total. The van der Waals surface area contributed by atoms with Crippen molar-refractivity contribution in [3.63, 3.8) is 0 Å². The van der Waals surface area contributed by atoms with Crippen LogP contribution < -0.4 is 0 Å². The van der Waals surface area contributed by atoms with Gasteiger partial charge in [0.25, 0.3) is 0 Å². The lowest BCUT2D eigenvalue weighted by Gasteiger charge is -2.55. The van der Waals surface area contributed by atoms with Gasteiger partial charge >= 0.3 is 0 Å². The maximum atomic E-state index is 2.67. The Kier molecular flexibility index (Phi) is 5.93. The zero-order chi connectivity index (χ0) is 17.7. The predicted molar refractivity (Wildman–Crippen MR) is 107 cm³/mol. The van der Waals surface area contributed by atoms with Gasteiger partial charge in [0.1, 0.15) is 0 Å². The Hall–Kier alpha value is -1.64. The SMILES string of the molecule is CCCCC1(CN(C)C)CN(C(c2ccccc2)c2ccccc2)C1. The smallest absolute Gasteiger partial charge is 0.0602 e. The van der Waals surface area contributed by atoms with Crippen molar-refractivity contribution in [2.75, 3.05) is 33.7 Å². The second-order valence-electron chi connectivity index (χ2n) is 7.97. The number of unbranched alkanes of at least 4 members (excludes halogenated alkanes) is 1. The summed E-state index contributed by atoms with van der Waals surface area (Å²) >= 11 is 0. The fourth-order valence-corrected chi connectivity index (χ4v) is 4.44. The molecule has 0 aliphatic carbocycles. The second kappa shape index (κ2) is 8.16. The van der Waals surface area contributed by atoms with Crippen molar-refractivity contribution < 1.29 is 0 Å². The maximum absolute atomic E-state index is 2.67. The lowest BCUT2D eigenvalue weighted by atomic mass is 9.73. The molecular formula is C23H32N2. The molecule has 0 saturated carbocycles. The van der Waals surface area contributed by atoms with Gasteiger partial charge in [-0.15, -0.1) is 0 Å². The topological polar surface area (TPSA) is 6.48 Å². The van der Waals surface area contributed by atoms with Crippen molar-refractivity contribution in [1.29, 1.82) is 0 Å². The third-order valence-electron chi connectivity index (χ3n) is 5.39. The van der Waals surface area contributed by atoms with Gasteiger partial charge < -0.3 is 4.90 Å². The van der Waals surface area contributed by atoms with Crippen LogP contribution in [0.3, 0.4) is 0 Å². The van der Waals surface area contributed by atoms with E-state index >= 15 is 0 Å². The minimum absolute atomic E-state index is 0.374. The molecule has 2 aromatic carbocycles. The van der Waals surface area contributed by atoms with Crippen molar-refractivity contribution in [2.45, 2.75) is 32.2 Å². The Balaban J connectivity index is 1.82. The highest BCUT2D eigenvalue weighted by molar-refractivity contribution is 5.32. The molecule has 0 aromatic heterocycles. The molecule has 2 nitrogen and oxygen atoms in total. The van der Waals surface area contributed by atoms with E-state index in [-0.39, 0.29) is 0 Å². The predicted octanol–water partition coefficient (Wildman–Crippen LogP) is 4.83. The Labute approximate surface area is 153 Å².